The van der Waals surface area contributed by atoms with Crippen LogP contribution in [0.2, 0.25) is 0 Å². The van der Waals surface area contributed by atoms with Crippen molar-refractivity contribution in [2.45, 2.75) is 26.4 Å². The fourth-order valence-corrected chi connectivity index (χ4v) is 1.67. The van der Waals surface area contributed by atoms with E-state index in [0.717, 1.165) is 17.2 Å². The van der Waals surface area contributed by atoms with Crippen LogP contribution in [0.25, 0.3) is 10.9 Å². The molecule has 4 heteroatoms. The molecule has 1 aromatic heterocycles. The van der Waals surface area contributed by atoms with Gasteiger partial charge in [-0.05, 0) is 45.0 Å². The Morgan fingerprint density at radius 1 is 1.28 bits per heavy atom. The molecule has 0 aliphatic heterocycles. The zero-order valence-electron chi connectivity index (χ0n) is 10.6. The average Bonchev–Trinajstić information content (AvgIpc) is 2.69. The van der Waals surface area contributed by atoms with Crippen molar-refractivity contribution in [1.29, 1.82) is 0 Å². The van der Waals surface area contributed by atoms with Crippen LogP contribution in [0.4, 0.5) is 0 Å². The van der Waals surface area contributed by atoms with Gasteiger partial charge in [-0.1, -0.05) is 0 Å². The van der Waals surface area contributed by atoms with Gasteiger partial charge < -0.3 is 9.72 Å². The Hall–Kier alpha value is -2.10. The van der Waals surface area contributed by atoms with E-state index in [1.54, 1.807) is 24.3 Å². The third kappa shape index (κ3) is 2.59. The van der Waals surface area contributed by atoms with E-state index in [9.17, 15) is 9.59 Å². The highest BCUT2D eigenvalue weighted by atomic mass is 16.6. The first-order valence-corrected chi connectivity index (χ1v) is 5.70. The van der Waals surface area contributed by atoms with Gasteiger partial charge in [0.2, 0.25) is 0 Å². The summed E-state index contributed by atoms with van der Waals surface area (Å²) in [5, 5.41) is 0.820. The molecule has 4 nitrogen and oxygen atoms in total. The summed E-state index contributed by atoms with van der Waals surface area (Å²) in [4.78, 5) is 25.5. The number of hydrogen-bond donors (Lipinski definition) is 1. The molecule has 1 heterocycles. The van der Waals surface area contributed by atoms with Crippen molar-refractivity contribution in [3.8, 4) is 0 Å². The number of benzene rings is 1. The number of aromatic nitrogens is 1. The van der Waals surface area contributed by atoms with Crippen molar-refractivity contribution >= 4 is 23.2 Å². The van der Waals surface area contributed by atoms with Crippen LogP contribution >= 0.6 is 0 Å². The summed E-state index contributed by atoms with van der Waals surface area (Å²) < 4.78 is 5.27. The molecule has 0 radical (unpaired) electrons. The van der Waals surface area contributed by atoms with Crippen LogP contribution in [0.3, 0.4) is 0 Å². The highest BCUT2D eigenvalue weighted by Crippen LogP contribution is 2.19. The average molecular weight is 245 g/mol. The molecule has 1 aromatic carbocycles. The Labute approximate surface area is 105 Å². The molecule has 2 aromatic rings. The van der Waals surface area contributed by atoms with Gasteiger partial charge in [0.25, 0.3) is 0 Å². The zero-order valence-corrected chi connectivity index (χ0v) is 10.6. The molecule has 2 rings (SSSR count). The van der Waals surface area contributed by atoms with Gasteiger partial charge in [-0.3, -0.25) is 4.79 Å². The third-order valence-electron chi connectivity index (χ3n) is 2.40. The maximum atomic E-state index is 11.9. The van der Waals surface area contributed by atoms with E-state index in [4.69, 9.17) is 4.74 Å². The Morgan fingerprint density at radius 2 is 2.00 bits per heavy atom. The molecule has 0 atom stereocenters. The lowest BCUT2D eigenvalue weighted by molar-refractivity contribution is 0.00638. The summed E-state index contributed by atoms with van der Waals surface area (Å²) in [7, 11) is 0. The van der Waals surface area contributed by atoms with Crippen molar-refractivity contribution < 1.29 is 14.3 Å². The molecule has 0 spiro atoms. The number of nitrogens with one attached hydrogen (secondary N) is 1. The topological polar surface area (TPSA) is 59.2 Å². The number of fused-ring (bicyclic) bond motifs is 1. The van der Waals surface area contributed by atoms with E-state index in [1.807, 2.05) is 20.8 Å². The van der Waals surface area contributed by atoms with Crippen LogP contribution in [0.15, 0.2) is 24.3 Å². The molecule has 0 amide bonds. The van der Waals surface area contributed by atoms with Crippen LogP contribution in [0, 0.1) is 0 Å². The molecule has 0 saturated heterocycles. The molecular formula is C14H15NO3. The van der Waals surface area contributed by atoms with Gasteiger partial charge in [0.05, 0.1) is 0 Å². The number of aldehydes is 1. The number of hydrogen-bond acceptors (Lipinski definition) is 3. The van der Waals surface area contributed by atoms with E-state index in [0.29, 0.717) is 11.3 Å². The standard InChI is InChI=1S/C14H15NO3/c1-14(2,3)18-13(17)12-7-10-6-9(8-16)4-5-11(10)15-12/h4-8,15H,1-3H3. The molecule has 0 aliphatic rings. The number of rotatable bonds is 2. The third-order valence-corrected chi connectivity index (χ3v) is 2.40. The van der Waals surface area contributed by atoms with Crippen LogP contribution < -0.4 is 0 Å². The lowest BCUT2D eigenvalue weighted by Gasteiger charge is -2.18. The fraction of sp³-hybridized carbons (Fsp3) is 0.286. The predicted octanol–water partition coefficient (Wildman–Crippen LogP) is 2.94. The van der Waals surface area contributed by atoms with Crippen molar-refractivity contribution in [2.75, 3.05) is 0 Å². The lowest BCUT2D eigenvalue weighted by atomic mass is 10.2. The van der Waals surface area contributed by atoms with Crippen molar-refractivity contribution in [3.63, 3.8) is 0 Å². The lowest BCUT2D eigenvalue weighted by Crippen LogP contribution is -2.24. The monoisotopic (exact) mass is 245 g/mol. The number of H-pyrrole nitrogens is 1. The SMILES string of the molecule is CC(C)(C)OC(=O)c1cc2cc(C=O)ccc2[nH]1. The molecule has 0 fully saturated rings. The van der Waals surface area contributed by atoms with E-state index >= 15 is 0 Å². The summed E-state index contributed by atoms with van der Waals surface area (Å²) in [6.07, 6.45) is 0.777. The van der Waals surface area contributed by atoms with Crippen LogP contribution in [-0.2, 0) is 4.74 Å². The predicted molar refractivity (Wildman–Crippen MR) is 68.9 cm³/mol. The first-order chi connectivity index (χ1) is 8.39. The smallest absolute Gasteiger partial charge is 0.355 e. The van der Waals surface area contributed by atoms with Crippen molar-refractivity contribution in [3.05, 3.63) is 35.5 Å². The minimum absolute atomic E-state index is 0.392. The molecule has 94 valence electrons. The molecule has 0 aliphatic carbocycles. The summed E-state index contributed by atoms with van der Waals surface area (Å²) in [6.45, 7) is 5.45. The maximum Gasteiger partial charge on any atom is 0.355 e. The van der Waals surface area contributed by atoms with E-state index in [2.05, 4.69) is 4.98 Å². The van der Waals surface area contributed by atoms with Gasteiger partial charge in [-0.2, -0.15) is 0 Å². The largest absolute Gasteiger partial charge is 0.455 e. The van der Waals surface area contributed by atoms with Crippen LogP contribution in [0.5, 0.6) is 0 Å². The minimum atomic E-state index is -0.525. The fourth-order valence-electron chi connectivity index (χ4n) is 1.67. The van der Waals surface area contributed by atoms with Gasteiger partial charge in [-0.25, -0.2) is 4.79 Å². The van der Waals surface area contributed by atoms with Gasteiger partial charge >= 0.3 is 5.97 Å². The second kappa shape index (κ2) is 4.29. The Balaban J connectivity index is 2.35. The Kier molecular flexibility index (Phi) is 2.95. The van der Waals surface area contributed by atoms with E-state index in [1.165, 1.54) is 0 Å². The highest BCUT2D eigenvalue weighted by Gasteiger charge is 2.19. The summed E-state index contributed by atoms with van der Waals surface area (Å²) in [6, 6.07) is 6.89. The van der Waals surface area contributed by atoms with E-state index < -0.39 is 11.6 Å². The molecule has 0 unspecified atom stereocenters. The molecule has 0 saturated carbocycles. The number of carbonyl (C=O) groups is 2. The molecule has 1 N–H and O–H groups in total. The van der Waals surface area contributed by atoms with Crippen LogP contribution in [-0.4, -0.2) is 22.8 Å². The number of ether oxygens (including phenoxy) is 1. The molecule has 0 bridgehead atoms. The van der Waals surface area contributed by atoms with Gasteiger partial charge in [0.1, 0.15) is 17.6 Å². The molecular weight excluding hydrogens is 230 g/mol. The molecule has 18 heavy (non-hydrogen) atoms. The summed E-state index contributed by atoms with van der Waals surface area (Å²) in [5.74, 6) is -0.397. The normalized spacial score (nSPS) is 11.5. The maximum absolute atomic E-state index is 11.9. The van der Waals surface area contributed by atoms with Crippen molar-refractivity contribution in [2.24, 2.45) is 0 Å². The summed E-state index contributed by atoms with van der Waals surface area (Å²) in [5.41, 5.74) is 1.25. The number of carbonyl (C=O) groups excluding carboxylic acids is 2. The van der Waals surface area contributed by atoms with E-state index in [-0.39, 0.29) is 0 Å². The van der Waals surface area contributed by atoms with Gasteiger partial charge in [0, 0.05) is 16.5 Å². The number of aromatic amines is 1. The highest BCUT2D eigenvalue weighted by molar-refractivity contribution is 5.96. The quantitative estimate of drug-likeness (QED) is 0.653. The second-order valence-corrected chi connectivity index (χ2v) is 5.15. The Bertz CT molecular complexity index is 605. The number of esters is 1. The van der Waals surface area contributed by atoms with Gasteiger partial charge in [0.15, 0.2) is 0 Å². The first-order valence-electron chi connectivity index (χ1n) is 5.70. The first kappa shape index (κ1) is 12.4. The van der Waals surface area contributed by atoms with Gasteiger partial charge in [-0.15, -0.1) is 0 Å². The van der Waals surface area contributed by atoms with Crippen LogP contribution in [0.1, 0.15) is 41.6 Å². The Morgan fingerprint density at radius 3 is 2.61 bits per heavy atom. The summed E-state index contributed by atoms with van der Waals surface area (Å²) >= 11 is 0. The zero-order chi connectivity index (χ0) is 13.3. The van der Waals surface area contributed by atoms with Crippen molar-refractivity contribution in [1.82, 2.24) is 4.98 Å². The minimum Gasteiger partial charge on any atom is -0.455 e. The second-order valence-electron chi connectivity index (χ2n) is 5.15.